The first-order chi connectivity index (χ1) is 11.8. The fraction of sp³-hybridized carbons (Fsp3) is 0.600. The zero-order chi connectivity index (χ0) is 18.3. The molecule has 0 aromatic heterocycles. The van der Waals surface area contributed by atoms with Gasteiger partial charge in [-0.1, -0.05) is 49.6 Å². The minimum absolute atomic E-state index is 0.0307. The molecule has 0 radical (unpaired) electrons. The number of hydrogen-bond donors (Lipinski definition) is 2. The Labute approximate surface area is 150 Å². The van der Waals surface area contributed by atoms with E-state index >= 15 is 0 Å². The Morgan fingerprint density at radius 2 is 1.76 bits per heavy atom. The first-order valence-corrected chi connectivity index (χ1v) is 9.17. The number of carbonyl (C=O) groups is 2. The maximum atomic E-state index is 12.5. The van der Waals surface area contributed by atoms with E-state index in [4.69, 9.17) is 4.74 Å². The highest BCUT2D eigenvalue weighted by atomic mass is 16.6. The van der Waals surface area contributed by atoms with Gasteiger partial charge in [0.05, 0.1) is 12.5 Å². The van der Waals surface area contributed by atoms with Crippen molar-refractivity contribution in [3.8, 4) is 0 Å². The molecule has 1 aliphatic rings. The smallest absolute Gasteiger partial charge is 0.408 e. The average molecular weight is 346 g/mol. The van der Waals surface area contributed by atoms with Crippen LogP contribution in [0, 0.1) is 0 Å². The van der Waals surface area contributed by atoms with E-state index < -0.39 is 17.7 Å². The van der Waals surface area contributed by atoms with E-state index in [9.17, 15) is 9.59 Å². The number of hydrogen-bond acceptors (Lipinski definition) is 3. The van der Waals surface area contributed by atoms with E-state index in [0.717, 1.165) is 18.4 Å². The van der Waals surface area contributed by atoms with Gasteiger partial charge in [-0.05, 0) is 39.2 Å². The standard InChI is InChI=1S/C20H30N2O3/c1-20(2,3)25-19(24)22-17(15-10-6-4-7-11-15)14-18(23)21-16-12-8-5-9-13-16/h4,6-7,10-11,16-17H,5,8-9,12-14H2,1-3H3,(H,21,23)(H,22,24). The van der Waals surface area contributed by atoms with Gasteiger partial charge in [0.2, 0.25) is 5.91 Å². The number of amides is 2. The number of alkyl carbamates (subject to hydrolysis) is 1. The van der Waals surface area contributed by atoms with Crippen LogP contribution in [0.15, 0.2) is 30.3 Å². The van der Waals surface area contributed by atoms with Crippen molar-refractivity contribution in [2.45, 2.75) is 77.0 Å². The Bertz CT molecular complexity index is 560. The second kappa shape index (κ2) is 8.88. The molecule has 1 aromatic rings. The van der Waals surface area contributed by atoms with Gasteiger partial charge in [-0.15, -0.1) is 0 Å². The molecule has 2 N–H and O–H groups in total. The fourth-order valence-electron chi connectivity index (χ4n) is 3.11. The zero-order valence-electron chi connectivity index (χ0n) is 15.5. The molecule has 25 heavy (non-hydrogen) atoms. The monoisotopic (exact) mass is 346 g/mol. The summed E-state index contributed by atoms with van der Waals surface area (Å²) in [5.41, 5.74) is 0.322. The highest BCUT2D eigenvalue weighted by Gasteiger charge is 2.24. The Morgan fingerprint density at radius 1 is 1.12 bits per heavy atom. The molecular weight excluding hydrogens is 316 g/mol. The zero-order valence-corrected chi connectivity index (χ0v) is 15.5. The predicted molar refractivity (Wildman–Crippen MR) is 98.2 cm³/mol. The highest BCUT2D eigenvalue weighted by molar-refractivity contribution is 5.78. The largest absolute Gasteiger partial charge is 0.444 e. The van der Waals surface area contributed by atoms with E-state index in [0.29, 0.717) is 0 Å². The van der Waals surface area contributed by atoms with Gasteiger partial charge in [-0.3, -0.25) is 4.79 Å². The molecule has 1 fully saturated rings. The summed E-state index contributed by atoms with van der Waals surface area (Å²) in [5.74, 6) is -0.0307. The quantitative estimate of drug-likeness (QED) is 0.844. The SMILES string of the molecule is CC(C)(C)OC(=O)NC(CC(=O)NC1CCCCC1)c1ccccc1. The molecule has 2 rings (SSSR count). The molecule has 0 bridgehead atoms. The van der Waals surface area contributed by atoms with Crippen LogP contribution in [0.5, 0.6) is 0 Å². The summed E-state index contributed by atoms with van der Waals surface area (Å²) in [4.78, 5) is 24.6. The second-order valence-electron chi connectivity index (χ2n) is 7.72. The minimum Gasteiger partial charge on any atom is -0.444 e. The average Bonchev–Trinajstić information content (AvgIpc) is 2.54. The van der Waals surface area contributed by atoms with E-state index in [1.54, 1.807) is 0 Å². The van der Waals surface area contributed by atoms with Gasteiger partial charge in [-0.2, -0.15) is 0 Å². The molecule has 1 saturated carbocycles. The van der Waals surface area contributed by atoms with Crippen molar-refractivity contribution in [1.82, 2.24) is 10.6 Å². The summed E-state index contributed by atoms with van der Waals surface area (Å²) in [6.45, 7) is 5.46. The first kappa shape index (κ1) is 19.3. The lowest BCUT2D eigenvalue weighted by Gasteiger charge is -2.26. The molecule has 5 nitrogen and oxygen atoms in total. The minimum atomic E-state index is -0.574. The molecule has 1 atom stereocenters. The normalized spacial score (nSPS) is 16.8. The van der Waals surface area contributed by atoms with Crippen molar-refractivity contribution in [3.63, 3.8) is 0 Å². The van der Waals surface area contributed by atoms with Gasteiger partial charge in [0.25, 0.3) is 0 Å². The van der Waals surface area contributed by atoms with Crippen LogP contribution in [0.25, 0.3) is 0 Å². The van der Waals surface area contributed by atoms with Crippen LogP contribution < -0.4 is 10.6 Å². The van der Waals surface area contributed by atoms with Gasteiger partial charge in [-0.25, -0.2) is 4.79 Å². The van der Waals surface area contributed by atoms with Crippen molar-refractivity contribution < 1.29 is 14.3 Å². The van der Waals surface area contributed by atoms with Crippen LogP contribution in [0.1, 0.15) is 70.9 Å². The Hall–Kier alpha value is -2.04. The molecular formula is C20H30N2O3. The topological polar surface area (TPSA) is 67.4 Å². The van der Waals surface area contributed by atoms with Crippen LogP contribution in [0.3, 0.4) is 0 Å². The Morgan fingerprint density at radius 3 is 2.36 bits per heavy atom. The maximum absolute atomic E-state index is 12.5. The Kier molecular flexibility index (Phi) is 6.85. The van der Waals surface area contributed by atoms with Gasteiger partial charge < -0.3 is 15.4 Å². The Balaban J connectivity index is 1.99. The van der Waals surface area contributed by atoms with Crippen LogP contribution in [-0.2, 0) is 9.53 Å². The fourth-order valence-corrected chi connectivity index (χ4v) is 3.11. The molecule has 0 aliphatic heterocycles. The van der Waals surface area contributed by atoms with Crippen LogP contribution >= 0.6 is 0 Å². The van der Waals surface area contributed by atoms with Gasteiger partial charge in [0.15, 0.2) is 0 Å². The number of ether oxygens (including phenoxy) is 1. The molecule has 0 spiro atoms. The van der Waals surface area contributed by atoms with E-state index in [2.05, 4.69) is 10.6 Å². The molecule has 2 amide bonds. The van der Waals surface area contributed by atoms with Gasteiger partial charge in [0, 0.05) is 6.04 Å². The summed E-state index contributed by atoms with van der Waals surface area (Å²) < 4.78 is 5.34. The van der Waals surface area contributed by atoms with E-state index in [1.165, 1.54) is 19.3 Å². The van der Waals surface area contributed by atoms with Crippen LogP contribution in [0.4, 0.5) is 4.79 Å². The summed E-state index contributed by atoms with van der Waals surface area (Å²) in [7, 11) is 0. The van der Waals surface area contributed by atoms with Crippen molar-refractivity contribution in [1.29, 1.82) is 0 Å². The lowest BCUT2D eigenvalue weighted by atomic mass is 9.95. The van der Waals surface area contributed by atoms with Crippen molar-refractivity contribution in [2.75, 3.05) is 0 Å². The summed E-state index contributed by atoms with van der Waals surface area (Å²) in [6, 6.07) is 9.40. The molecule has 138 valence electrons. The molecule has 0 saturated heterocycles. The van der Waals surface area contributed by atoms with E-state index in [-0.39, 0.29) is 18.4 Å². The number of rotatable bonds is 5. The number of nitrogens with one attached hydrogen (secondary N) is 2. The summed E-state index contributed by atoms with van der Waals surface area (Å²) >= 11 is 0. The summed E-state index contributed by atoms with van der Waals surface area (Å²) in [6.07, 6.45) is 5.38. The van der Waals surface area contributed by atoms with Gasteiger partial charge in [0.1, 0.15) is 5.60 Å². The third kappa shape index (κ3) is 7.16. The van der Waals surface area contributed by atoms with Crippen molar-refractivity contribution in [2.24, 2.45) is 0 Å². The van der Waals surface area contributed by atoms with E-state index in [1.807, 2.05) is 51.1 Å². The summed E-state index contributed by atoms with van der Waals surface area (Å²) in [5, 5.41) is 5.95. The van der Waals surface area contributed by atoms with Crippen molar-refractivity contribution >= 4 is 12.0 Å². The molecule has 0 heterocycles. The van der Waals surface area contributed by atoms with Crippen LogP contribution in [-0.4, -0.2) is 23.6 Å². The maximum Gasteiger partial charge on any atom is 0.408 e. The molecule has 1 aromatic carbocycles. The molecule has 1 unspecified atom stereocenters. The lowest BCUT2D eigenvalue weighted by Crippen LogP contribution is -2.40. The lowest BCUT2D eigenvalue weighted by molar-refractivity contribution is -0.122. The first-order valence-electron chi connectivity index (χ1n) is 9.17. The third-order valence-corrected chi connectivity index (χ3v) is 4.25. The number of benzene rings is 1. The van der Waals surface area contributed by atoms with Gasteiger partial charge >= 0.3 is 6.09 Å². The second-order valence-corrected chi connectivity index (χ2v) is 7.72. The molecule has 1 aliphatic carbocycles. The van der Waals surface area contributed by atoms with Crippen molar-refractivity contribution in [3.05, 3.63) is 35.9 Å². The third-order valence-electron chi connectivity index (χ3n) is 4.25. The predicted octanol–water partition coefficient (Wildman–Crippen LogP) is 4.09. The number of carbonyl (C=O) groups excluding carboxylic acids is 2. The molecule has 5 heteroatoms. The van der Waals surface area contributed by atoms with Crippen LogP contribution in [0.2, 0.25) is 0 Å². The highest BCUT2D eigenvalue weighted by Crippen LogP contribution is 2.20.